The predicted octanol–water partition coefficient (Wildman–Crippen LogP) is 4.21. The number of benzene rings is 2. The maximum atomic E-state index is 12.4. The lowest BCUT2D eigenvalue weighted by atomic mass is 10.1. The molecule has 0 unspecified atom stereocenters. The molecule has 0 saturated carbocycles. The van der Waals surface area contributed by atoms with E-state index in [9.17, 15) is 4.79 Å². The number of nitrogens with zero attached hydrogens (tertiary/aromatic N) is 2. The Morgan fingerprint density at radius 3 is 2.03 bits per heavy atom. The minimum absolute atomic E-state index is 0. The van der Waals surface area contributed by atoms with Crippen LogP contribution < -0.4 is 10.6 Å². The molecule has 0 aliphatic rings. The van der Waals surface area contributed by atoms with Crippen molar-refractivity contribution in [3.63, 3.8) is 0 Å². The summed E-state index contributed by atoms with van der Waals surface area (Å²) in [5.74, 6) is 0.839. The van der Waals surface area contributed by atoms with Gasteiger partial charge in [0.15, 0.2) is 5.96 Å². The molecule has 158 valence electrons. The van der Waals surface area contributed by atoms with Crippen LogP contribution in [0.4, 0.5) is 0 Å². The van der Waals surface area contributed by atoms with Crippen LogP contribution in [0, 0.1) is 0 Å². The van der Waals surface area contributed by atoms with E-state index in [1.807, 2.05) is 43.0 Å². The van der Waals surface area contributed by atoms with Gasteiger partial charge in [0.25, 0.3) is 5.91 Å². The van der Waals surface area contributed by atoms with Crippen molar-refractivity contribution >= 4 is 35.8 Å². The lowest BCUT2D eigenvalue weighted by Crippen LogP contribution is -2.36. The third kappa shape index (κ3) is 7.34. The lowest BCUT2D eigenvalue weighted by molar-refractivity contribution is 0.0773. The average molecular weight is 508 g/mol. The Morgan fingerprint density at radius 1 is 0.897 bits per heavy atom. The van der Waals surface area contributed by atoms with Crippen LogP contribution in [0.5, 0.6) is 0 Å². The molecule has 0 saturated heterocycles. The van der Waals surface area contributed by atoms with Crippen LogP contribution in [0.2, 0.25) is 0 Å². The maximum absolute atomic E-state index is 12.4. The van der Waals surface area contributed by atoms with Crippen molar-refractivity contribution < 1.29 is 4.79 Å². The minimum atomic E-state index is 0. The largest absolute Gasteiger partial charge is 0.352 e. The van der Waals surface area contributed by atoms with Crippen LogP contribution in [0.1, 0.15) is 47.8 Å². The van der Waals surface area contributed by atoms with Gasteiger partial charge in [-0.1, -0.05) is 43.3 Å². The molecule has 2 aromatic carbocycles. The van der Waals surface area contributed by atoms with Crippen molar-refractivity contribution in [1.82, 2.24) is 15.5 Å². The van der Waals surface area contributed by atoms with E-state index >= 15 is 0 Å². The number of amides is 1. The van der Waals surface area contributed by atoms with Gasteiger partial charge < -0.3 is 15.5 Å². The topological polar surface area (TPSA) is 56.7 Å². The Labute approximate surface area is 192 Å². The van der Waals surface area contributed by atoms with Crippen molar-refractivity contribution in [2.75, 3.05) is 20.1 Å². The van der Waals surface area contributed by atoms with Gasteiger partial charge in [-0.3, -0.25) is 9.79 Å². The number of nitrogens with one attached hydrogen (secondary N) is 2. The highest BCUT2D eigenvalue weighted by molar-refractivity contribution is 14.0. The van der Waals surface area contributed by atoms with E-state index in [0.717, 1.165) is 43.1 Å². The molecule has 6 heteroatoms. The smallest absolute Gasteiger partial charge is 0.253 e. The molecule has 29 heavy (non-hydrogen) atoms. The van der Waals surface area contributed by atoms with Crippen LogP contribution >= 0.6 is 24.0 Å². The van der Waals surface area contributed by atoms with E-state index in [1.54, 1.807) is 7.05 Å². The Bertz CT molecular complexity index is 786. The number of aryl methyl sites for hydroxylation is 1. The quantitative estimate of drug-likeness (QED) is 0.319. The second-order valence-corrected chi connectivity index (χ2v) is 6.58. The molecule has 0 radical (unpaired) electrons. The zero-order chi connectivity index (χ0) is 20.4. The summed E-state index contributed by atoms with van der Waals surface area (Å²) in [5.41, 5.74) is 4.46. The summed E-state index contributed by atoms with van der Waals surface area (Å²) in [7, 11) is 1.77. The summed E-state index contributed by atoms with van der Waals surface area (Å²) < 4.78 is 0. The molecular formula is C23H33IN4O. The van der Waals surface area contributed by atoms with E-state index < -0.39 is 0 Å². The third-order valence-corrected chi connectivity index (χ3v) is 4.88. The second kappa shape index (κ2) is 13.2. The summed E-state index contributed by atoms with van der Waals surface area (Å²) in [6.07, 6.45) is 1.02. The first-order valence-corrected chi connectivity index (χ1v) is 10.0. The predicted molar refractivity (Wildman–Crippen MR) is 132 cm³/mol. The number of hydrogen-bond acceptors (Lipinski definition) is 2. The van der Waals surface area contributed by atoms with E-state index in [-0.39, 0.29) is 29.9 Å². The zero-order valence-electron chi connectivity index (χ0n) is 17.9. The molecule has 0 fully saturated rings. The Balaban J connectivity index is 0.00000420. The first-order valence-electron chi connectivity index (χ1n) is 10.0. The SMILES string of the molecule is CCc1ccccc1CNC(=NC)NCc1ccc(C(=O)N(CC)CC)cc1.I. The van der Waals surface area contributed by atoms with E-state index in [1.165, 1.54) is 11.1 Å². The Morgan fingerprint density at radius 2 is 1.48 bits per heavy atom. The second-order valence-electron chi connectivity index (χ2n) is 6.58. The summed E-state index contributed by atoms with van der Waals surface area (Å²) in [5, 5.41) is 6.70. The van der Waals surface area contributed by atoms with Crippen molar-refractivity contribution in [3.8, 4) is 0 Å². The molecule has 0 aliphatic heterocycles. The summed E-state index contributed by atoms with van der Waals surface area (Å²) in [6, 6.07) is 16.2. The van der Waals surface area contributed by atoms with Crippen molar-refractivity contribution in [1.29, 1.82) is 0 Å². The fraction of sp³-hybridized carbons (Fsp3) is 0.391. The first kappa shape index (κ1) is 24.9. The molecule has 0 heterocycles. The van der Waals surface area contributed by atoms with Crippen molar-refractivity contribution in [3.05, 3.63) is 70.8 Å². The summed E-state index contributed by atoms with van der Waals surface area (Å²) in [6.45, 7) is 8.99. The van der Waals surface area contributed by atoms with Gasteiger partial charge in [0.05, 0.1) is 0 Å². The molecule has 0 bridgehead atoms. The number of carbonyl (C=O) groups excluding carboxylic acids is 1. The van der Waals surface area contributed by atoms with Gasteiger partial charge in [-0.2, -0.15) is 0 Å². The van der Waals surface area contributed by atoms with Crippen LogP contribution in [-0.2, 0) is 19.5 Å². The van der Waals surface area contributed by atoms with Gasteiger partial charge in [-0.25, -0.2) is 0 Å². The number of aliphatic imine (C=N–C) groups is 1. The molecule has 2 rings (SSSR count). The number of halogens is 1. The number of carbonyl (C=O) groups is 1. The molecule has 2 aromatic rings. The molecule has 0 atom stereocenters. The monoisotopic (exact) mass is 508 g/mol. The highest BCUT2D eigenvalue weighted by Crippen LogP contribution is 2.10. The average Bonchev–Trinajstić information content (AvgIpc) is 2.75. The zero-order valence-corrected chi connectivity index (χ0v) is 20.2. The van der Waals surface area contributed by atoms with Crippen LogP contribution in [0.15, 0.2) is 53.5 Å². The van der Waals surface area contributed by atoms with Crippen LogP contribution in [0.3, 0.4) is 0 Å². The third-order valence-electron chi connectivity index (χ3n) is 4.88. The van der Waals surface area contributed by atoms with Crippen molar-refractivity contribution in [2.45, 2.75) is 40.3 Å². The van der Waals surface area contributed by atoms with E-state index in [0.29, 0.717) is 6.54 Å². The molecule has 1 amide bonds. The Hall–Kier alpha value is -2.09. The normalized spacial score (nSPS) is 10.8. The van der Waals surface area contributed by atoms with Gasteiger partial charge >= 0.3 is 0 Å². The van der Waals surface area contributed by atoms with Gasteiger partial charge in [-0.05, 0) is 49.1 Å². The number of hydrogen-bond donors (Lipinski definition) is 2. The standard InChI is InChI=1S/C23H32N4O.HI/c1-5-19-10-8-9-11-21(19)17-26-23(24-4)25-16-18-12-14-20(15-13-18)22(28)27(6-2)7-3;/h8-15H,5-7,16-17H2,1-4H3,(H2,24,25,26);1H. The number of rotatable bonds is 8. The highest BCUT2D eigenvalue weighted by atomic mass is 127. The summed E-state index contributed by atoms with van der Waals surface area (Å²) in [4.78, 5) is 18.5. The van der Waals surface area contributed by atoms with E-state index in [2.05, 4.69) is 46.8 Å². The molecule has 0 aromatic heterocycles. The van der Waals surface area contributed by atoms with Gasteiger partial charge in [0.2, 0.25) is 0 Å². The fourth-order valence-corrected chi connectivity index (χ4v) is 3.12. The lowest BCUT2D eigenvalue weighted by Gasteiger charge is -2.18. The molecular weight excluding hydrogens is 475 g/mol. The van der Waals surface area contributed by atoms with Crippen LogP contribution in [0.25, 0.3) is 0 Å². The first-order chi connectivity index (χ1) is 13.6. The van der Waals surface area contributed by atoms with Gasteiger partial charge in [0.1, 0.15) is 0 Å². The highest BCUT2D eigenvalue weighted by Gasteiger charge is 2.11. The van der Waals surface area contributed by atoms with Crippen molar-refractivity contribution in [2.24, 2.45) is 4.99 Å². The van der Waals surface area contributed by atoms with E-state index in [4.69, 9.17) is 0 Å². The minimum Gasteiger partial charge on any atom is -0.352 e. The van der Waals surface area contributed by atoms with Gasteiger partial charge in [-0.15, -0.1) is 24.0 Å². The number of guanidine groups is 1. The Kier molecular flexibility index (Phi) is 11.3. The van der Waals surface area contributed by atoms with Gasteiger partial charge in [0, 0.05) is 38.8 Å². The van der Waals surface area contributed by atoms with Crippen LogP contribution in [-0.4, -0.2) is 36.9 Å². The molecule has 5 nitrogen and oxygen atoms in total. The maximum Gasteiger partial charge on any atom is 0.253 e. The molecule has 0 aliphatic carbocycles. The molecule has 0 spiro atoms. The molecule has 2 N–H and O–H groups in total. The fourth-order valence-electron chi connectivity index (χ4n) is 3.12. The summed E-state index contributed by atoms with van der Waals surface area (Å²) >= 11 is 0.